The van der Waals surface area contributed by atoms with E-state index in [9.17, 15) is 0 Å². The Labute approximate surface area is 65.0 Å². The first-order valence-corrected chi connectivity index (χ1v) is 4.24. The van der Waals surface area contributed by atoms with Crippen LogP contribution in [0.15, 0.2) is 0 Å². The van der Waals surface area contributed by atoms with Gasteiger partial charge in [-0.25, -0.2) is 0 Å². The summed E-state index contributed by atoms with van der Waals surface area (Å²) in [6.45, 7) is 6.43. The first-order valence-electron chi connectivity index (χ1n) is 4.24. The van der Waals surface area contributed by atoms with Crippen molar-refractivity contribution in [3.05, 3.63) is 5.92 Å². The van der Waals surface area contributed by atoms with Gasteiger partial charge in [-0.1, -0.05) is 40.0 Å². The summed E-state index contributed by atoms with van der Waals surface area (Å²) in [7, 11) is 0. The molecule has 1 unspecified atom stereocenters. The van der Waals surface area contributed by atoms with Crippen molar-refractivity contribution in [2.24, 2.45) is 5.73 Å². The summed E-state index contributed by atoms with van der Waals surface area (Å²) in [6, 6.07) is 0.339. The fraction of sp³-hybridized carbons (Fsp3) is 0.889. The van der Waals surface area contributed by atoms with Crippen LogP contribution in [0.4, 0.5) is 0 Å². The van der Waals surface area contributed by atoms with E-state index in [0.717, 1.165) is 6.42 Å². The van der Waals surface area contributed by atoms with Gasteiger partial charge in [0, 0.05) is 6.04 Å². The molecule has 1 radical (unpaired) electrons. The van der Waals surface area contributed by atoms with Crippen LogP contribution in [0.3, 0.4) is 0 Å². The third kappa shape index (κ3) is 4.80. The van der Waals surface area contributed by atoms with Crippen LogP contribution in [-0.4, -0.2) is 6.04 Å². The van der Waals surface area contributed by atoms with Gasteiger partial charge < -0.3 is 5.73 Å². The van der Waals surface area contributed by atoms with Gasteiger partial charge in [-0.15, -0.1) is 0 Å². The zero-order chi connectivity index (χ0) is 7.98. The molecule has 0 aliphatic heterocycles. The lowest BCUT2D eigenvalue weighted by molar-refractivity contribution is 0.570. The van der Waals surface area contributed by atoms with E-state index < -0.39 is 0 Å². The Hall–Kier alpha value is -0.0400. The summed E-state index contributed by atoms with van der Waals surface area (Å²) in [5, 5.41) is 0. The molecule has 0 fully saturated rings. The molecule has 0 spiro atoms. The minimum Gasteiger partial charge on any atom is -0.327 e. The van der Waals surface area contributed by atoms with Crippen LogP contribution in [0, 0.1) is 5.92 Å². The van der Waals surface area contributed by atoms with Gasteiger partial charge in [0.1, 0.15) is 0 Å². The van der Waals surface area contributed by atoms with E-state index in [1.807, 2.05) is 0 Å². The van der Waals surface area contributed by atoms with Gasteiger partial charge in [0.15, 0.2) is 0 Å². The Morgan fingerprint density at radius 3 is 2.30 bits per heavy atom. The fourth-order valence-electron chi connectivity index (χ4n) is 0.903. The normalized spacial score (nSPS) is 14.1. The third-order valence-electron chi connectivity index (χ3n) is 1.86. The highest BCUT2D eigenvalue weighted by molar-refractivity contribution is 4.89. The zero-order valence-electron chi connectivity index (χ0n) is 7.48. The molecule has 0 aliphatic rings. The fourth-order valence-corrected chi connectivity index (χ4v) is 0.903. The number of hydrogen-bond donors (Lipinski definition) is 1. The Bertz CT molecular complexity index is 69.1. The van der Waals surface area contributed by atoms with Crippen LogP contribution in [0.1, 0.15) is 46.5 Å². The lowest BCUT2D eigenvalue weighted by Crippen LogP contribution is -2.24. The smallest absolute Gasteiger partial charge is 0.00959 e. The van der Waals surface area contributed by atoms with E-state index in [2.05, 4.69) is 20.8 Å². The van der Waals surface area contributed by atoms with E-state index in [-0.39, 0.29) is 0 Å². The summed E-state index contributed by atoms with van der Waals surface area (Å²) in [4.78, 5) is 0. The van der Waals surface area contributed by atoms with Crippen molar-refractivity contribution >= 4 is 0 Å². The molecule has 0 aromatic carbocycles. The van der Waals surface area contributed by atoms with Gasteiger partial charge in [0.05, 0.1) is 0 Å². The van der Waals surface area contributed by atoms with Gasteiger partial charge >= 0.3 is 0 Å². The second-order valence-electron chi connectivity index (χ2n) is 3.18. The molecular weight excluding hydrogens is 122 g/mol. The van der Waals surface area contributed by atoms with E-state index in [4.69, 9.17) is 5.73 Å². The molecule has 0 heterocycles. The van der Waals surface area contributed by atoms with Crippen LogP contribution in [0.2, 0.25) is 0 Å². The molecule has 61 valence electrons. The van der Waals surface area contributed by atoms with Crippen molar-refractivity contribution in [3.63, 3.8) is 0 Å². The predicted octanol–water partition coefficient (Wildman–Crippen LogP) is 2.51. The summed E-state index contributed by atoms with van der Waals surface area (Å²) in [5.41, 5.74) is 5.82. The minimum atomic E-state index is 0.339. The first kappa shape index (κ1) is 9.96. The first-order chi connectivity index (χ1) is 4.68. The van der Waals surface area contributed by atoms with Crippen molar-refractivity contribution in [1.29, 1.82) is 0 Å². The maximum atomic E-state index is 5.82. The van der Waals surface area contributed by atoms with Gasteiger partial charge in [-0.3, -0.25) is 0 Å². The van der Waals surface area contributed by atoms with Crippen molar-refractivity contribution in [3.8, 4) is 0 Å². The van der Waals surface area contributed by atoms with Crippen LogP contribution in [-0.2, 0) is 0 Å². The average Bonchev–Trinajstić information content (AvgIpc) is 1.88. The molecule has 10 heavy (non-hydrogen) atoms. The van der Waals surface area contributed by atoms with Crippen molar-refractivity contribution in [2.45, 2.75) is 52.5 Å². The summed E-state index contributed by atoms with van der Waals surface area (Å²) in [5.74, 6) is 1.36. The van der Waals surface area contributed by atoms with Gasteiger partial charge in [0.2, 0.25) is 0 Å². The molecule has 0 aliphatic carbocycles. The Kier molecular flexibility index (Phi) is 5.70. The molecule has 0 bridgehead atoms. The Balaban J connectivity index is 3.13. The van der Waals surface area contributed by atoms with E-state index in [0.29, 0.717) is 6.04 Å². The maximum absolute atomic E-state index is 5.82. The van der Waals surface area contributed by atoms with Crippen LogP contribution in [0.5, 0.6) is 0 Å². The lowest BCUT2D eigenvalue weighted by Gasteiger charge is -2.13. The quantitative estimate of drug-likeness (QED) is 0.586. The zero-order valence-corrected chi connectivity index (χ0v) is 7.48. The Morgan fingerprint density at radius 2 is 1.90 bits per heavy atom. The highest BCUT2D eigenvalue weighted by Crippen LogP contribution is 2.09. The third-order valence-corrected chi connectivity index (χ3v) is 1.86. The van der Waals surface area contributed by atoms with E-state index in [1.165, 1.54) is 25.2 Å². The molecule has 1 nitrogen and oxygen atoms in total. The second-order valence-corrected chi connectivity index (χ2v) is 3.18. The van der Waals surface area contributed by atoms with Crippen LogP contribution in [0.25, 0.3) is 0 Å². The topological polar surface area (TPSA) is 26.0 Å². The standard InChI is InChI=1S/C9H20N/c1-4-5-6-7-9(10)8(2)3/h9H,4-7,10H2,1-3H3. The monoisotopic (exact) mass is 142 g/mol. The minimum absolute atomic E-state index is 0.339. The van der Waals surface area contributed by atoms with Crippen molar-refractivity contribution < 1.29 is 0 Å². The largest absolute Gasteiger partial charge is 0.327 e. The molecule has 1 atom stereocenters. The highest BCUT2D eigenvalue weighted by atomic mass is 14.6. The van der Waals surface area contributed by atoms with Crippen LogP contribution < -0.4 is 5.73 Å². The van der Waals surface area contributed by atoms with Crippen molar-refractivity contribution in [1.82, 2.24) is 0 Å². The molecule has 0 rings (SSSR count). The lowest BCUT2D eigenvalue weighted by atomic mass is 9.99. The molecule has 1 heteroatoms. The summed E-state index contributed by atoms with van der Waals surface area (Å²) in [6.07, 6.45) is 5.05. The van der Waals surface area contributed by atoms with Gasteiger partial charge in [0.25, 0.3) is 0 Å². The Morgan fingerprint density at radius 1 is 1.30 bits per heavy atom. The molecule has 0 aromatic rings. The van der Waals surface area contributed by atoms with Gasteiger partial charge in [-0.05, 0) is 12.3 Å². The SMILES string of the molecule is CCCCCC(N)[C](C)C. The number of unbranched alkanes of at least 4 members (excludes halogenated alkanes) is 2. The molecule has 2 N–H and O–H groups in total. The highest BCUT2D eigenvalue weighted by Gasteiger charge is 2.05. The van der Waals surface area contributed by atoms with E-state index >= 15 is 0 Å². The van der Waals surface area contributed by atoms with E-state index in [1.54, 1.807) is 0 Å². The molecule has 0 saturated heterocycles. The molecular formula is C9H20N. The molecule has 0 amide bonds. The number of hydrogen-bond acceptors (Lipinski definition) is 1. The average molecular weight is 142 g/mol. The maximum Gasteiger partial charge on any atom is 0.00959 e. The molecule has 0 aromatic heterocycles. The van der Waals surface area contributed by atoms with Crippen LogP contribution >= 0.6 is 0 Å². The second kappa shape index (κ2) is 5.72. The predicted molar refractivity (Wildman–Crippen MR) is 46.7 cm³/mol. The molecule has 0 saturated carbocycles. The summed E-state index contributed by atoms with van der Waals surface area (Å²) < 4.78 is 0. The van der Waals surface area contributed by atoms with Crippen molar-refractivity contribution in [2.75, 3.05) is 0 Å². The number of rotatable bonds is 5. The summed E-state index contributed by atoms with van der Waals surface area (Å²) >= 11 is 0. The van der Waals surface area contributed by atoms with Gasteiger partial charge in [-0.2, -0.15) is 0 Å². The number of nitrogens with two attached hydrogens (primary N) is 1.